The summed E-state index contributed by atoms with van der Waals surface area (Å²) in [6, 6.07) is 11.1. The molecule has 0 aliphatic rings. The number of nitrogens with zero attached hydrogens (tertiary/aromatic N) is 2. The summed E-state index contributed by atoms with van der Waals surface area (Å²) in [6.07, 6.45) is 1.40. The minimum Gasteiger partial charge on any atom is -0.324 e. The van der Waals surface area contributed by atoms with Crippen LogP contribution >= 0.6 is 38.5 Å². The molecule has 0 saturated carbocycles. The molecular formula is C17H13BrIN3O2. The lowest BCUT2D eigenvalue weighted by molar-refractivity contribution is -0.116. The highest BCUT2D eigenvalue weighted by atomic mass is 127. The fourth-order valence-electron chi connectivity index (χ4n) is 2.36. The molecule has 1 heterocycles. The summed E-state index contributed by atoms with van der Waals surface area (Å²) in [7, 11) is 0. The fraction of sp³-hybridized carbons (Fsp3) is 0.118. The monoisotopic (exact) mass is 497 g/mol. The third kappa shape index (κ3) is 3.67. The van der Waals surface area contributed by atoms with Gasteiger partial charge in [-0.1, -0.05) is 15.9 Å². The van der Waals surface area contributed by atoms with E-state index >= 15 is 0 Å². The number of rotatable bonds is 3. The van der Waals surface area contributed by atoms with Gasteiger partial charge in [0, 0.05) is 13.7 Å². The van der Waals surface area contributed by atoms with Crippen LogP contribution in [-0.4, -0.2) is 15.5 Å². The van der Waals surface area contributed by atoms with Crippen LogP contribution in [0.15, 0.2) is 52.0 Å². The number of aryl methyl sites for hydroxylation is 1. The highest BCUT2D eigenvalue weighted by Gasteiger charge is 2.10. The van der Waals surface area contributed by atoms with Crippen LogP contribution in [0.2, 0.25) is 0 Å². The molecule has 0 unspecified atom stereocenters. The average Bonchev–Trinajstić information content (AvgIpc) is 2.53. The Morgan fingerprint density at radius 3 is 2.83 bits per heavy atom. The normalized spacial score (nSPS) is 10.8. The van der Waals surface area contributed by atoms with Gasteiger partial charge in [0.25, 0.3) is 5.56 Å². The van der Waals surface area contributed by atoms with E-state index in [4.69, 9.17) is 0 Å². The third-order valence-electron chi connectivity index (χ3n) is 3.56. The Hall–Kier alpha value is -1.74. The number of carbonyl (C=O) groups is 1. The van der Waals surface area contributed by atoms with Crippen LogP contribution in [0.4, 0.5) is 5.69 Å². The molecule has 2 aromatic carbocycles. The maximum absolute atomic E-state index is 12.5. The van der Waals surface area contributed by atoms with Crippen molar-refractivity contribution in [2.45, 2.75) is 13.5 Å². The molecule has 5 nitrogen and oxygen atoms in total. The fourth-order valence-corrected chi connectivity index (χ4v) is 3.36. The van der Waals surface area contributed by atoms with Crippen LogP contribution < -0.4 is 10.9 Å². The maximum atomic E-state index is 12.5. The van der Waals surface area contributed by atoms with Gasteiger partial charge in [-0.25, -0.2) is 4.98 Å². The van der Waals surface area contributed by atoms with Gasteiger partial charge in [-0.05, 0) is 71.5 Å². The minimum absolute atomic E-state index is 0.0836. The Kier molecular flexibility index (Phi) is 5.00. The average molecular weight is 498 g/mol. The molecule has 0 aliphatic carbocycles. The number of fused-ring (bicyclic) bond motifs is 1. The molecule has 0 aliphatic heterocycles. The van der Waals surface area contributed by atoms with Gasteiger partial charge in [0.15, 0.2) is 0 Å². The van der Waals surface area contributed by atoms with Crippen LogP contribution in [0.5, 0.6) is 0 Å². The van der Waals surface area contributed by atoms with Crippen molar-refractivity contribution >= 4 is 61.0 Å². The number of aromatic nitrogens is 2. The molecule has 3 aromatic rings. The van der Waals surface area contributed by atoms with Gasteiger partial charge in [-0.2, -0.15) is 0 Å². The van der Waals surface area contributed by atoms with Gasteiger partial charge in [-0.15, -0.1) is 0 Å². The molecule has 0 bridgehead atoms. The smallest absolute Gasteiger partial charge is 0.261 e. The zero-order valence-corrected chi connectivity index (χ0v) is 16.5. The first-order valence-electron chi connectivity index (χ1n) is 7.15. The van der Waals surface area contributed by atoms with Gasteiger partial charge in [0.05, 0.1) is 17.2 Å². The molecule has 0 fully saturated rings. The van der Waals surface area contributed by atoms with Crippen molar-refractivity contribution in [1.82, 2.24) is 9.55 Å². The molecule has 1 N–H and O–H groups in total. The maximum Gasteiger partial charge on any atom is 0.261 e. The molecule has 24 heavy (non-hydrogen) atoms. The molecule has 7 heteroatoms. The van der Waals surface area contributed by atoms with Gasteiger partial charge in [0.1, 0.15) is 6.54 Å². The van der Waals surface area contributed by atoms with Crippen molar-refractivity contribution in [3.05, 3.63) is 66.7 Å². The van der Waals surface area contributed by atoms with Crippen molar-refractivity contribution in [3.8, 4) is 0 Å². The third-order valence-corrected chi connectivity index (χ3v) is 4.73. The number of hydrogen-bond donors (Lipinski definition) is 1. The lowest BCUT2D eigenvalue weighted by atomic mass is 10.2. The standard InChI is InChI=1S/C17H13BrIN3O2/c1-10-6-12(19)3-5-14(10)21-16(23)8-22-9-20-15-4-2-11(18)7-13(15)17(22)24/h2-7,9H,8H2,1H3,(H,21,23). The summed E-state index contributed by atoms with van der Waals surface area (Å²) < 4.78 is 3.21. The van der Waals surface area contributed by atoms with E-state index < -0.39 is 0 Å². The molecule has 1 amide bonds. The predicted molar refractivity (Wildman–Crippen MR) is 106 cm³/mol. The van der Waals surface area contributed by atoms with Crippen LogP contribution in [0.3, 0.4) is 0 Å². The molecule has 1 aromatic heterocycles. The molecule has 0 radical (unpaired) electrons. The molecule has 0 atom stereocenters. The number of halogens is 2. The topological polar surface area (TPSA) is 64.0 Å². The van der Waals surface area contributed by atoms with Gasteiger partial charge < -0.3 is 5.32 Å². The van der Waals surface area contributed by atoms with E-state index in [1.54, 1.807) is 12.1 Å². The Bertz CT molecular complexity index is 1000. The molecule has 0 spiro atoms. The van der Waals surface area contributed by atoms with Gasteiger partial charge in [0.2, 0.25) is 5.91 Å². The largest absolute Gasteiger partial charge is 0.324 e. The van der Waals surface area contributed by atoms with E-state index in [-0.39, 0.29) is 18.0 Å². The number of nitrogens with one attached hydrogen (secondary N) is 1. The number of carbonyl (C=O) groups excluding carboxylic acids is 1. The van der Waals surface area contributed by atoms with E-state index in [2.05, 4.69) is 48.8 Å². The zero-order valence-electron chi connectivity index (χ0n) is 12.7. The van der Waals surface area contributed by atoms with Crippen molar-refractivity contribution < 1.29 is 4.79 Å². The highest BCUT2D eigenvalue weighted by molar-refractivity contribution is 14.1. The lowest BCUT2D eigenvalue weighted by Gasteiger charge is -2.10. The number of hydrogen-bond acceptors (Lipinski definition) is 3. The summed E-state index contributed by atoms with van der Waals surface area (Å²) in [5, 5.41) is 3.31. The first kappa shape index (κ1) is 17.1. The Balaban J connectivity index is 1.85. The summed E-state index contributed by atoms with van der Waals surface area (Å²) in [5.74, 6) is -0.266. The van der Waals surface area contributed by atoms with Crippen LogP contribution in [0, 0.1) is 10.5 Å². The second-order valence-corrected chi connectivity index (χ2v) is 7.51. The van der Waals surface area contributed by atoms with E-state index in [1.165, 1.54) is 10.9 Å². The summed E-state index contributed by atoms with van der Waals surface area (Å²) >= 11 is 5.56. The number of anilines is 1. The molecule has 3 rings (SSSR count). The van der Waals surface area contributed by atoms with Crippen molar-refractivity contribution in [3.63, 3.8) is 0 Å². The second kappa shape index (κ2) is 7.02. The Morgan fingerprint density at radius 2 is 2.08 bits per heavy atom. The summed E-state index contributed by atoms with van der Waals surface area (Å²) in [6.45, 7) is 1.85. The van der Waals surface area contributed by atoms with Gasteiger partial charge in [-0.3, -0.25) is 14.2 Å². The first-order chi connectivity index (χ1) is 11.4. The molecular weight excluding hydrogens is 485 g/mol. The SMILES string of the molecule is Cc1cc(I)ccc1NC(=O)Cn1cnc2ccc(Br)cc2c1=O. The Labute approximate surface area is 160 Å². The van der Waals surface area contributed by atoms with Crippen molar-refractivity contribution in [1.29, 1.82) is 0 Å². The predicted octanol–water partition coefficient (Wildman–Crippen LogP) is 3.71. The zero-order chi connectivity index (χ0) is 17.3. The second-order valence-electron chi connectivity index (χ2n) is 5.35. The summed E-state index contributed by atoms with van der Waals surface area (Å²) in [4.78, 5) is 29.0. The quantitative estimate of drug-likeness (QED) is 0.561. The minimum atomic E-state index is -0.266. The summed E-state index contributed by atoms with van der Waals surface area (Å²) in [5.41, 5.74) is 2.08. The number of amides is 1. The highest BCUT2D eigenvalue weighted by Crippen LogP contribution is 2.18. The molecule has 0 saturated heterocycles. The van der Waals surface area contributed by atoms with Crippen LogP contribution in [-0.2, 0) is 11.3 Å². The van der Waals surface area contributed by atoms with E-state index in [0.717, 1.165) is 19.3 Å². The van der Waals surface area contributed by atoms with E-state index in [1.807, 2.05) is 31.2 Å². The Morgan fingerprint density at radius 1 is 1.29 bits per heavy atom. The van der Waals surface area contributed by atoms with E-state index in [0.29, 0.717) is 10.9 Å². The van der Waals surface area contributed by atoms with Crippen LogP contribution in [0.25, 0.3) is 10.9 Å². The molecule has 122 valence electrons. The lowest BCUT2D eigenvalue weighted by Crippen LogP contribution is -2.28. The van der Waals surface area contributed by atoms with E-state index in [9.17, 15) is 9.59 Å². The van der Waals surface area contributed by atoms with Crippen molar-refractivity contribution in [2.24, 2.45) is 0 Å². The van der Waals surface area contributed by atoms with Crippen molar-refractivity contribution in [2.75, 3.05) is 5.32 Å². The van der Waals surface area contributed by atoms with Crippen LogP contribution in [0.1, 0.15) is 5.56 Å². The van der Waals surface area contributed by atoms with Gasteiger partial charge >= 0.3 is 0 Å². The first-order valence-corrected chi connectivity index (χ1v) is 9.02. The number of benzene rings is 2.